The molecule has 2 aromatic rings. The van der Waals surface area contributed by atoms with Crippen LogP contribution in [-0.4, -0.2) is 96.8 Å². The second-order valence-electron chi connectivity index (χ2n) is 9.39. The van der Waals surface area contributed by atoms with Crippen LogP contribution in [0.1, 0.15) is 33.0 Å². The number of rotatable bonds is 11. The number of hydrogen-bond acceptors (Lipinski definition) is 11. The molecular weight excluding hydrogens is 727 g/mol. The van der Waals surface area contributed by atoms with Crippen molar-refractivity contribution in [2.45, 2.75) is 37.8 Å². The number of nitrogens with two attached hydrogens (primary N) is 1. The number of nitrogens with one attached hydrogen (secondary N) is 1. The molecule has 270 valence electrons. The monoisotopic (exact) mass is 751 g/mol. The lowest BCUT2D eigenvalue weighted by Crippen LogP contribution is -2.39. The van der Waals surface area contributed by atoms with E-state index in [9.17, 15) is 55.0 Å². The highest BCUT2D eigenvalue weighted by atomic mass is 32.2. The maximum Gasteiger partial charge on any atom is 0.490 e. The average Bonchev–Trinajstić information content (AvgIpc) is 3.63. The van der Waals surface area contributed by atoms with Gasteiger partial charge in [0.2, 0.25) is 0 Å². The van der Waals surface area contributed by atoms with Crippen LogP contribution in [-0.2, 0) is 30.5 Å². The third-order valence-electron chi connectivity index (χ3n) is 5.72. The summed E-state index contributed by atoms with van der Waals surface area (Å²) < 4.78 is 82.7. The molecule has 0 bridgehead atoms. The number of benzene rings is 1. The molecule has 0 radical (unpaired) electrons. The Bertz CT molecular complexity index is 1540. The second kappa shape index (κ2) is 18.1. The Kier molecular flexibility index (Phi) is 15.6. The van der Waals surface area contributed by atoms with Crippen molar-refractivity contribution in [2.24, 2.45) is 11.7 Å². The van der Waals surface area contributed by atoms with Crippen molar-refractivity contribution in [2.75, 3.05) is 11.6 Å². The van der Waals surface area contributed by atoms with E-state index in [0.717, 1.165) is 22.3 Å². The fourth-order valence-corrected chi connectivity index (χ4v) is 5.58. The SMILES string of the molecule is N=C(N)c1ccc(OC(=O)c2ccc(CN3CSC[C@H]3C(=O)C[C@@H](CC(=O)O)C(=O)O)s2)c(F)c1.O=C(O)C(F)(F)F.O=C(O)C(F)(F)F. The number of esters is 1. The van der Waals surface area contributed by atoms with Crippen molar-refractivity contribution in [1.82, 2.24) is 4.90 Å². The number of thiophene rings is 1. The number of thioether (sulfide) groups is 1. The molecule has 0 saturated carbocycles. The molecule has 2 heterocycles. The number of nitrogens with zero attached hydrogens (tertiary/aromatic N) is 1. The summed E-state index contributed by atoms with van der Waals surface area (Å²) in [6.45, 7) is 0.319. The first kappa shape index (κ1) is 42.3. The van der Waals surface area contributed by atoms with E-state index in [1.165, 1.54) is 30.0 Å². The zero-order valence-electron chi connectivity index (χ0n) is 24.2. The minimum atomic E-state index is -5.08. The van der Waals surface area contributed by atoms with Crippen molar-refractivity contribution in [3.63, 3.8) is 0 Å². The molecule has 1 aliphatic rings. The van der Waals surface area contributed by atoms with Crippen LogP contribution in [0.3, 0.4) is 0 Å². The number of ether oxygens (including phenoxy) is 1. The van der Waals surface area contributed by atoms with Gasteiger partial charge in [0.15, 0.2) is 17.3 Å². The predicted molar refractivity (Wildman–Crippen MR) is 154 cm³/mol. The van der Waals surface area contributed by atoms with Gasteiger partial charge in [-0.1, -0.05) is 0 Å². The van der Waals surface area contributed by atoms with E-state index in [4.69, 9.17) is 40.8 Å². The third kappa shape index (κ3) is 14.5. The third-order valence-corrected chi connectivity index (χ3v) is 7.83. The van der Waals surface area contributed by atoms with Gasteiger partial charge in [-0.25, -0.2) is 18.8 Å². The number of carboxylic acids is 4. The highest BCUT2D eigenvalue weighted by Gasteiger charge is 2.39. The Balaban J connectivity index is 0.000000717. The molecule has 49 heavy (non-hydrogen) atoms. The van der Waals surface area contributed by atoms with E-state index in [2.05, 4.69) is 0 Å². The van der Waals surface area contributed by atoms with E-state index in [1.807, 2.05) is 4.90 Å². The molecule has 3 rings (SSSR count). The van der Waals surface area contributed by atoms with Crippen molar-refractivity contribution in [1.29, 1.82) is 5.41 Å². The molecule has 1 aromatic heterocycles. The molecule has 2 atom stereocenters. The molecule has 0 aliphatic carbocycles. The summed E-state index contributed by atoms with van der Waals surface area (Å²) >= 11 is 2.61. The molecule has 1 aliphatic heterocycles. The van der Waals surface area contributed by atoms with Gasteiger partial charge in [0.1, 0.15) is 10.7 Å². The Morgan fingerprint density at radius 2 is 1.49 bits per heavy atom. The summed E-state index contributed by atoms with van der Waals surface area (Å²) in [4.78, 5) is 68.0. The number of Topliss-reactive ketones (excluding diaryl/α,β-unsaturated/α-hetero) is 1. The summed E-state index contributed by atoms with van der Waals surface area (Å²) in [6.07, 6.45) is -11.2. The Morgan fingerprint density at radius 3 is 1.94 bits per heavy atom. The maximum atomic E-state index is 14.2. The van der Waals surface area contributed by atoms with Crippen LogP contribution in [0.5, 0.6) is 5.75 Å². The van der Waals surface area contributed by atoms with E-state index in [-0.39, 0.29) is 34.2 Å². The second-order valence-corrected chi connectivity index (χ2v) is 11.6. The minimum absolute atomic E-state index is 0.158. The van der Waals surface area contributed by atoms with Gasteiger partial charge < -0.3 is 30.9 Å². The number of hydrogen-bond donors (Lipinski definition) is 6. The molecule has 1 saturated heterocycles. The topological polar surface area (TPSA) is 246 Å². The lowest BCUT2D eigenvalue weighted by Gasteiger charge is -2.22. The van der Waals surface area contributed by atoms with Crippen LogP contribution in [0.4, 0.5) is 30.7 Å². The smallest absolute Gasteiger partial charge is 0.481 e. The summed E-state index contributed by atoms with van der Waals surface area (Å²) in [6, 6.07) is 6.22. The highest BCUT2D eigenvalue weighted by molar-refractivity contribution is 7.99. The zero-order chi connectivity index (χ0) is 37.9. The first-order valence-electron chi connectivity index (χ1n) is 12.8. The number of amidine groups is 1. The van der Waals surface area contributed by atoms with Gasteiger partial charge in [0, 0.05) is 35.0 Å². The fourth-order valence-electron chi connectivity index (χ4n) is 3.44. The summed E-state index contributed by atoms with van der Waals surface area (Å²) in [7, 11) is 0. The van der Waals surface area contributed by atoms with Gasteiger partial charge in [0.05, 0.1) is 18.4 Å². The first-order valence-corrected chi connectivity index (χ1v) is 14.7. The van der Waals surface area contributed by atoms with Gasteiger partial charge in [-0.3, -0.25) is 24.7 Å². The zero-order valence-corrected chi connectivity index (χ0v) is 25.8. The Labute approximate surface area is 277 Å². The normalized spacial score (nSPS) is 15.0. The number of carboxylic acid groups (broad SMARTS) is 4. The molecule has 0 unspecified atom stereocenters. The fraction of sp³-hybridized carbons (Fsp3) is 0.346. The molecule has 0 spiro atoms. The molecule has 1 fully saturated rings. The number of aliphatic carboxylic acids is 4. The Morgan fingerprint density at radius 1 is 0.939 bits per heavy atom. The summed E-state index contributed by atoms with van der Waals surface area (Å²) in [5, 5.41) is 39.7. The van der Waals surface area contributed by atoms with Gasteiger partial charge >= 0.3 is 42.2 Å². The lowest BCUT2D eigenvalue weighted by atomic mass is 9.95. The van der Waals surface area contributed by atoms with Crippen molar-refractivity contribution >= 4 is 64.6 Å². The molecule has 1 aromatic carbocycles. The maximum absolute atomic E-state index is 14.2. The number of alkyl halides is 6. The van der Waals surface area contributed by atoms with Crippen LogP contribution in [0.2, 0.25) is 0 Å². The molecule has 0 amide bonds. The van der Waals surface area contributed by atoms with Crippen molar-refractivity contribution < 1.29 is 84.7 Å². The van der Waals surface area contributed by atoms with Gasteiger partial charge in [-0.2, -0.15) is 26.3 Å². The average molecular weight is 752 g/mol. The van der Waals surface area contributed by atoms with Crippen LogP contribution in [0, 0.1) is 17.1 Å². The minimum Gasteiger partial charge on any atom is -0.481 e. The predicted octanol–water partition coefficient (Wildman–Crippen LogP) is 3.67. The summed E-state index contributed by atoms with van der Waals surface area (Å²) in [5.74, 6) is -11.0. The number of ketones is 1. The van der Waals surface area contributed by atoms with Crippen molar-refractivity contribution in [3.8, 4) is 5.75 Å². The largest absolute Gasteiger partial charge is 0.490 e. The van der Waals surface area contributed by atoms with E-state index >= 15 is 0 Å². The Hall–Kier alpha value is -4.77. The number of carbonyl (C=O) groups excluding carboxylic acids is 2. The number of carbonyl (C=O) groups is 6. The standard InChI is InChI=1S/C22H22FN3O7S2.2C2HF3O2/c23-14-5-11(20(24)25)1-3-17(14)33-22(32)18-4-2-13(35-18)8-26-10-34-9-15(26)16(27)6-12(21(30)31)7-19(28)29;2*3-2(4,5)1(6)7/h1-5,12,15H,6-10H2,(H3,24,25)(H,28,29)(H,30,31);2*(H,6,7)/t12-,15-;;/m0../s1. The molecule has 23 heteroatoms. The van der Waals surface area contributed by atoms with Crippen LogP contribution in [0.15, 0.2) is 30.3 Å². The van der Waals surface area contributed by atoms with Crippen LogP contribution < -0.4 is 10.5 Å². The van der Waals surface area contributed by atoms with Gasteiger partial charge in [-0.05, 0) is 30.3 Å². The van der Waals surface area contributed by atoms with Crippen LogP contribution in [0.25, 0.3) is 0 Å². The lowest BCUT2D eigenvalue weighted by molar-refractivity contribution is -0.193. The van der Waals surface area contributed by atoms with Gasteiger partial charge in [-0.15, -0.1) is 23.1 Å². The number of nitrogen functional groups attached to an aromatic ring is 1. The van der Waals surface area contributed by atoms with E-state index in [0.29, 0.717) is 18.2 Å². The first-order chi connectivity index (χ1) is 22.4. The van der Waals surface area contributed by atoms with E-state index in [1.54, 1.807) is 6.07 Å². The molecule has 14 nitrogen and oxygen atoms in total. The molecular formula is C26H24F7N3O11S2. The highest BCUT2D eigenvalue weighted by Crippen LogP contribution is 2.29. The molecule has 7 N–H and O–H groups in total. The van der Waals surface area contributed by atoms with Crippen molar-refractivity contribution in [3.05, 3.63) is 51.5 Å². The van der Waals surface area contributed by atoms with Crippen LogP contribution >= 0.6 is 23.1 Å². The number of halogens is 7. The quantitative estimate of drug-likeness (QED) is 0.0631. The summed E-state index contributed by atoms with van der Waals surface area (Å²) in [5.41, 5.74) is 5.47. The van der Waals surface area contributed by atoms with Gasteiger partial charge in [0.25, 0.3) is 0 Å². The van der Waals surface area contributed by atoms with E-state index < -0.39 is 66.4 Å².